The van der Waals surface area contributed by atoms with Crippen molar-refractivity contribution < 1.29 is 52.7 Å². The van der Waals surface area contributed by atoms with Crippen molar-refractivity contribution in [2.24, 2.45) is 0 Å². The zero-order chi connectivity index (χ0) is 5.86. The van der Waals surface area contributed by atoms with Gasteiger partial charge in [0.2, 0.25) is 0 Å². The van der Waals surface area contributed by atoms with Crippen LogP contribution in [0.15, 0.2) is 0 Å². The third-order valence-corrected chi connectivity index (χ3v) is 0.287. The molecule has 0 spiro atoms. The zero-order valence-electron chi connectivity index (χ0n) is 6.54. The normalized spacial score (nSPS) is 4.50. The third-order valence-electron chi connectivity index (χ3n) is 0.287. The number of hydrogen-bond donors (Lipinski definition) is 0. The summed E-state index contributed by atoms with van der Waals surface area (Å²) in [6, 6.07) is 0. The smallest absolute Gasteiger partial charge is 0.310 e. The van der Waals surface area contributed by atoms with E-state index in [2.05, 4.69) is 4.74 Å². The van der Waals surface area contributed by atoms with E-state index in [1.165, 1.54) is 13.8 Å². The minimum Gasteiger partial charge on any atom is -0.412 e. The Balaban J connectivity index is -0.0000000180. The van der Waals surface area contributed by atoms with Crippen molar-refractivity contribution in [2.75, 3.05) is 0 Å². The maximum absolute atomic E-state index is 9.81. The quantitative estimate of drug-likeness (QED) is 0.244. The number of hydrogen-bond acceptors (Lipinski definition) is 3. The molecule has 0 unspecified atom stereocenters. The molecule has 0 bridgehead atoms. The Kier molecular flexibility index (Phi) is 78.5. The molecule has 0 rings (SSSR count). The summed E-state index contributed by atoms with van der Waals surface area (Å²) in [6.07, 6.45) is 0. The Labute approximate surface area is 79.2 Å². The Morgan fingerprint density at radius 1 is 0.833 bits per heavy atom. The molecule has 0 aliphatic heterocycles. The molecule has 0 atom stereocenters. The summed E-state index contributed by atoms with van der Waals surface area (Å²) in [4.78, 5) is 19.6. The molecule has 8 heteroatoms. The fourth-order valence-corrected chi connectivity index (χ4v) is 0.202. The summed E-state index contributed by atoms with van der Waals surface area (Å²) in [5, 5.41) is 0. The molecule has 0 fully saturated rings. The minimum atomic E-state index is -0.562. The summed E-state index contributed by atoms with van der Waals surface area (Å²) >= 11 is 0. The van der Waals surface area contributed by atoms with Crippen LogP contribution in [-0.2, 0) is 30.8 Å². The van der Waals surface area contributed by atoms with Gasteiger partial charge in [-0.3, -0.25) is 9.59 Å². The molecule has 82 valence electrons. The maximum atomic E-state index is 9.81. The molecular formula is C4H14NiO7. The van der Waals surface area contributed by atoms with Crippen LogP contribution in [-0.4, -0.2) is 33.8 Å². The van der Waals surface area contributed by atoms with Crippen molar-refractivity contribution in [2.45, 2.75) is 13.8 Å². The molecule has 0 amide bonds. The number of esters is 2. The van der Waals surface area contributed by atoms with Gasteiger partial charge >= 0.3 is 11.9 Å². The van der Waals surface area contributed by atoms with Gasteiger partial charge in [0.1, 0.15) is 0 Å². The van der Waals surface area contributed by atoms with E-state index in [9.17, 15) is 9.59 Å². The number of carbonyl (C=O) groups excluding carboxylic acids is 2. The van der Waals surface area contributed by atoms with Gasteiger partial charge < -0.3 is 26.6 Å². The summed E-state index contributed by atoms with van der Waals surface area (Å²) in [5.41, 5.74) is 0. The van der Waals surface area contributed by atoms with Crippen LogP contribution in [0, 0.1) is 0 Å². The van der Waals surface area contributed by atoms with Gasteiger partial charge in [0.15, 0.2) is 0 Å². The second kappa shape index (κ2) is 22.4. The SMILES string of the molecule is CC(=O)OC(C)=O.O.O.O.O.[Ni]. The van der Waals surface area contributed by atoms with Gasteiger partial charge in [0, 0.05) is 30.3 Å². The van der Waals surface area contributed by atoms with Gasteiger partial charge in [0.25, 0.3) is 0 Å². The van der Waals surface area contributed by atoms with Gasteiger partial charge in [0.05, 0.1) is 0 Å². The van der Waals surface area contributed by atoms with Crippen molar-refractivity contribution in [3.63, 3.8) is 0 Å². The first kappa shape index (κ1) is 42.0. The molecule has 8 N–H and O–H groups in total. The molecule has 0 aliphatic carbocycles. The molecule has 12 heavy (non-hydrogen) atoms. The van der Waals surface area contributed by atoms with Crippen LogP contribution in [0.5, 0.6) is 0 Å². The topological polar surface area (TPSA) is 169 Å². The molecule has 0 radical (unpaired) electrons. The summed E-state index contributed by atoms with van der Waals surface area (Å²) < 4.78 is 3.97. The van der Waals surface area contributed by atoms with Gasteiger partial charge in [-0.2, -0.15) is 0 Å². The van der Waals surface area contributed by atoms with E-state index in [0.717, 1.165) is 0 Å². The fraction of sp³-hybridized carbons (Fsp3) is 0.500. The van der Waals surface area contributed by atoms with E-state index in [1.807, 2.05) is 0 Å². The average Bonchev–Trinajstić information content (AvgIpc) is 1.27. The molecular weight excluding hydrogens is 219 g/mol. The van der Waals surface area contributed by atoms with E-state index in [4.69, 9.17) is 0 Å². The van der Waals surface area contributed by atoms with Crippen LogP contribution in [0.4, 0.5) is 0 Å². The minimum absolute atomic E-state index is 0. The molecule has 0 heterocycles. The van der Waals surface area contributed by atoms with Gasteiger partial charge in [-0.05, 0) is 0 Å². The number of rotatable bonds is 0. The van der Waals surface area contributed by atoms with Crippen molar-refractivity contribution in [1.29, 1.82) is 0 Å². The molecule has 0 aromatic rings. The van der Waals surface area contributed by atoms with Gasteiger partial charge in [-0.15, -0.1) is 0 Å². The molecule has 0 aromatic carbocycles. The van der Waals surface area contributed by atoms with Crippen molar-refractivity contribution >= 4 is 11.9 Å². The Bertz CT molecular complexity index is 91.6. The van der Waals surface area contributed by atoms with Crippen molar-refractivity contribution in [3.05, 3.63) is 0 Å². The second-order valence-corrected chi connectivity index (χ2v) is 1.09. The predicted molar refractivity (Wildman–Crippen MR) is 36.9 cm³/mol. The van der Waals surface area contributed by atoms with Crippen LogP contribution < -0.4 is 0 Å². The van der Waals surface area contributed by atoms with Crippen LogP contribution in [0.2, 0.25) is 0 Å². The first-order valence-corrected chi connectivity index (χ1v) is 1.82. The molecule has 0 saturated carbocycles. The van der Waals surface area contributed by atoms with Crippen molar-refractivity contribution in [3.8, 4) is 0 Å². The fourth-order valence-electron chi connectivity index (χ4n) is 0.202. The summed E-state index contributed by atoms with van der Waals surface area (Å²) in [5.74, 6) is -1.12. The average molecular weight is 233 g/mol. The number of carbonyl (C=O) groups is 2. The van der Waals surface area contributed by atoms with Crippen LogP contribution in [0.1, 0.15) is 13.8 Å². The Morgan fingerprint density at radius 3 is 1.00 bits per heavy atom. The zero-order valence-corrected chi connectivity index (χ0v) is 7.53. The molecule has 7 nitrogen and oxygen atoms in total. The van der Waals surface area contributed by atoms with Crippen molar-refractivity contribution in [1.82, 2.24) is 0 Å². The van der Waals surface area contributed by atoms with E-state index in [-0.39, 0.29) is 38.4 Å². The second-order valence-electron chi connectivity index (χ2n) is 1.09. The summed E-state index contributed by atoms with van der Waals surface area (Å²) in [6.45, 7) is 2.36. The van der Waals surface area contributed by atoms with Crippen LogP contribution in [0.3, 0.4) is 0 Å². The van der Waals surface area contributed by atoms with E-state index in [0.29, 0.717) is 0 Å². The third kappa shape index (κ3) is 56.4. The molecule has 0 saturated heterocycles. The predicted octanol–water partition coefficient (Wildman–Crippen LogP) is -3.21. The van der Waals surface area contributed by atoms with Crippen LogP contribution >= 0.6 is 0 Å². The Hall–Kier alpha value is -0.526. The van der Waals surface area contributed by atoms with E-state index in [1.54, 1.807) is 0 Å². The maximum Gasteiger partial charge on any atom is 0.310 e. The monoisotopic (exact) mass is 232 g/mol. The van der Waals surface area contributed by atoms with E-state index >= 15 is 0 Å². The van der Waals surface area contributed by atoms with Crippen LogP contribution in [0.25, 0.3) is 0 Å². The van der Waals surface area contributed by atoms with E-state index < -0.39 is 11.9 Å². The first-order chi connectivity index (χ1) is 3.13. The standard InChI is InChI=1S/C4H6O3.Ni.4H2O/c1-3(5)7-4(2)6;;;;;/h1-2H3;;4*1H2. The Morgan fingerprint density at radius 2 is 1.00 bits per heavy atom. The largest absolute Gasteiger partial charge is 0.412 e. The number of ether oxygens (including phenoxy) is 1. The molecule has 0 aliphatic rings. The molecule has 0 aromatic heterocycles. The first-order valence-electron chi connectivity index (χ1n) is 1.82. The summed E-state index contributed by atoms with van der Waals surface area (Å²) in [7, 11) is 0. The van der Waals surface area contributed by atoms with Gasteiger partial charge in [-0.25, -0.2) is 0 Å². The van der Waals surface area contributed by atoms with Gasteiger partial charge in [-0.1, -0.05) is 0 Å².